The third-order valence-electron chi connectivity index (χ3n) is 3.04. The number of aromatic amines is 1. The van der Waals surface area contributed by atoms with Gasteiger partial charge in [-0.05, 0) is 29.5 Å². The number of benzene rings is 1. The number of hydrogen-bond acceptors (Lipinski definition) is 4. The lowest BCUT2D eigenvalue weighted by molar-refractivity contribution is 0.454. The van der Waals surface area contributed by atoms with Crippen LogP contribution in [0.3, 0.4) is 0 Å². The lowest BCUT2D eigenvalue weighted by Gasteiger charge is -2.05. The monoisotopic (exact) mass is 284 g/mol. The highest BCUT2D eigenvalue weighted by atomic mass is 32.1. The van der Waals surface area contributed by atoms with Crippen LogP contribution in [0.2, 0.25) is 0 Å². The highest BCUT2D eigenvalue weighted by Crippen LogP contribution is 2.29. The number of hydrogen-bond donors (Lipinski definition) is 2. The fourth-order valence-electron chi connectivity index (χ4n) is 2.05. The zero-order chi connectivity index (χ0) is 14.1. The predicted octanol–water partition coefficient (Wildman–Crippen LogP) is 3.18. The van der Waals surface area contributed by atoms with E-state index in [9.17, 15) is 9.90 Å². The van der Waals surface area contributed by atoms with Gasteiger partial charge in [0.05, 0.1) is 4.88 Å². The Hall–Kier alpha value is -2.40. The largest absolute Gasteiger partial charge is 0.493 e. The van der Waals surface area contributed by atoms with Gasteiger partial charge in [-0.15, -0.1) is 11.3 Å². The minimum absolute atomic E-state index is 0.198. The highest BCUT2D eigenvalue weighted by molar-refractivity contribution is 7.13. The second kappa shape index (κ2) is 4.94. The number of nitrogens with zero attached hydrogens (tertiary/aromatic N) is 1. The van der Waals surface area contributed by atoms with Crippen LogP contribution in [0.5, 0.6) is 5.88 Å². The van der Waals surface area contributed by atoms with Crippen LogP contribution in [0.4, 0.5) is 0 Å². The standard InChI is InChI=1S/C15H12N2O2S/c1-9-7-8-20-12(9)13-16-14(18)11(15(19)17-13)10-5-3-2-4-6-10/h2-8H,1H3,(H2,16,17,18,19). The van der Waals surface area contributed by atoms with Gasteiger partial charge in [-0.25, -0.2) is 0 Å². The Morgan fingerprint density at radius 2 is 1.95 bits per heavy atom. The fourth-order valence-corrected chi connectivity index (χ4v) is 2.92. The second-order valence-corrected chi connectivity index (χ2v) is 5.33. The number of aromatic nitrogens is 2. The van der Waals surface area contributed by atoms with E-state index in [0.717, 1.165) is 10.4 Å². The zero-order valence-electron chi connectivity index (χ0n) is 10.8. The first-order chi connectivity index (χ1) is 9.66. The summed E-state index contributed by atoms with van der Waals surface area (Å²) in [7, 11) is 0. The first kappa shape index (κ1) is 12.6. The van der Waals surface area contributed by atoms with Crippen molar-refractivity contribution in [2.24, 2.45) is 0 Å². The lowest BCUT2D eigenvalue weighted by Crippen LogP contribution is -2.12. The summed E-state index contributed by atoms with van der Waals surface area (Å²) in [6.45, 7) is 1.94. The molecule has 0 spiro atoms. The van der Waals surface area contributed by atoms with Crippen molar-refractivity contribution < 1.29 is 5.11 Å². The number of thiophene rings is 1. The summed E-state index contributed by atoms with van der Waals surface area (Å²) in [5, 5.41) is 12.0. The van der Waals surface area contributed by atoms with Crippen LogP contribution in [0.25, 0.3) is 21.8 Å². The van der Waals surface area contributed by atoms with Gasteiger partial charge in [-0.1, -0.05) is 30.3 Å². The summed E-state index contributed by atoms with van der Waals surface area (Å²) in [4.78, 5) is 19.9. The molecule has 2 N–H and O–H groups in total. The van der Waals surface area contributed by atoms with E-state index in [1.54, 1.807) is 12.1 Å². The quantitative estimate of drug-likeness (QED) is 0.759. The van der Waals surface area contributed by atoms with Crippen molar-refractivity contribution in [1.82, 2.24) is 9.97 Å². The molecule has 1 aromatic carbocycles. The average Bonchev–Trinajstić information content (AvgIpc) is 2.85. The molecule has 5 heteroatoms. The van der Waals surface area contributed by atoms with Crippen molar-refractivity contribution in [2.75, 3.05) is 0 Å². The fraction of sp³-hybridized carbons (Fsp3) is 0.0667. The smallest absolute Gasteiger partial charge is 0.262 e. The molecule has 0 radical (unpaired) electrons. The van der Waals surface area contributed by atoms with E-state index in [2.05, 4.69) is 9.97 Å². The van der Waals surface area contributed by atoms with Crippen LogP contribution in [0.15, 0.2) is 46.6 Å². The number of rotatable bonds is 2. The van der Waals surface area contributed by atoms with Crippen LogP contribution in [0, 0.1) is 6.92 Å². The van der Waals surface area contributed by atoms with Gasteiger partial charge in [0, 0.05) is 0 Å². The topological polar surface area (TPSA) is 66.0 Å². The number of aryl methyl sites for hydroxylation is 1. The average molecular weight is 284 g/mol. The van der Waals surface area contributed by atoms with Gasteiger partial charge < -0.3 is 10.1 Å². The Labute approximate surface area is 119 Å². The summed E-state index contributed by atoms with van der Waals surface area (Å²) < 4.78 is 0. The van der Waals surface area contributed by atoms with Gasteiger partial charge in [0.15, 0.2) is 5.82 Å². The van der Waals surface area contributed by atoms with Crippen molar-refractivity contribution in [2.45, 2.75) is 6.92 Å². The molecule has 0 amide bonds. The summed E-state index contributed by atoms with van der Waals surface area (Å²) in [5.41, 5.74) is 1.52. The molecule has 3 rings (SSSR count). The molecule has 0 fully saturated rings. The first-order valence-electron chi connectivity index (χ1n) is 6.10. The summed E-state index contributed by atoms with van der Waals surface area (Å²) in [6, 6.07) is 11.0. The third-order valence-corrected chi connectivity index (χ3v) is 4.06. The zero-order valence-corrected chi connectivity index (χ0v) is 11.6. The maximum atomic E-state index is 12.2. The van der Waals surface area contributed by atoms with E-state index >= 15 is 0 Å². The second-order valence-electron chi connectivity index (χ2n) is 4.41. The third kappa shape index (κ3) is 2.12. The molecular formula is C15H12N2O2S. The summed E-state index contributed by atoms with van der Waals surface area (Å²) in [6.07, 6.45) is 0. The molecule has 0 saturated heterocycles. The summed E-state index contributed by atoms with van der Waals surface area (Å²) in [5.74, 6) is 0.155. The van der Waals surface area contributed by atoms with E-state index in [0.29, 0.717) is 11.4 Å². The first-order valence-corrected chi connectivity index (χ1v) is 6.98. The molecule has 2 aromatic heterocycles. The molecule has 100 valence electrons. The maximum Gasteiger partial charge on any atom is 0.262 e. The van der Waals surface area contributed by atoms with Crippen molar-refractivity contribution in [1.29, 1.82) is 0 Å². The molecular weight excluding hydrogens is 272 g/mol. The van der Waals surface area contributed by atoms with Gasteiger partial charge in [0.25, 0.3) is 5.56 Å². The number of aromatic hydroxyl groups is 1. The molecule has 4 nitrogen and oxygen atoms in total. The summed E-state index contributed by atoms with van der Waals surface area (Å²) >= 11 is 1.48. The minimum Gasteiger partial charge on any atom is -0.493 e. The van der Waals surface area contributed by atoms with Crippen LogP contribution in [-0.2, 0) is 0 Å². The maximum absolute atomic E-state index is 12.2. The van der Waals surface area contributed by atoms with E-state index in [-0.39, 0.29) is 17.0 Å². The van der Waals surface area contributed by atoms with Crippen molar-refractivity contribution in [3.63, 3.8) is 0 Å². The van der Waals surface area contributed by atoms with Crippen LogP contribution in [0.1, 0.15) is 5.56 Å². The van der Waals surface area contributed by atoms with Gasteiger partial charge in [0.2, 0.25) is 5.88 Å². The molecule has 0 atom stereocenters. The Morgan fingerprint density at radius 1 is 1.20 bits per heavy atom. The molecule has 0 saturated carbocycles. The molecule has 0 aliphatic carbocycles. The van der Waals surface area contributed by atoms with Gasteiger partial charge in [-0.3, -0.25) is 4.79 Å². The van der Waals surface area contributed by atoms with Gasteiger partial charge >= 0.3 is 0 Å². The van der Waals surface area contributed by atoms with Crippen LogP contribution >= 0.6 is 11.3 Å². The van der Waals surface area contributed by atoms with Crippen LogP contribution < -0.4 is 5.56 Å². The van der Waals surface area contributed by atoms with Crippen LogP contribution in [-0.4, -0.2) is 15.1 Å². The molecule has 0 aliphatic rings. The van der Waals surface area contributed by atoms with Gasteiger partial charge in [-0.2, -0.15) is 4.98 Å². The molecule has 0 aliphatic heterocycles. The normalized spacial score (nSPS) is 10.7. The van der Waals surface area contributed by atoms with Crippen molar-refractivity contribution in [3.8, 4) is 27.7 Å². The SMILES string of the molecule is Cc1ccsc1-c1nc(O)c(-c2ccccc2)c(=O)[nH]1. The lowest BCUT2D eigenvalue weighted by atomic mass is 10.1. The number of nitrogens with one attached hydrogen (secondary N) is 1. The molecule has 0 unspecified atom stereocenters. The Bertz CT molecular complexity index is 806. The Morgan fingerprint density at radius 3 is 2.55 bits per heavy atom. The van der Waals surface area contributed by atoms with Gasteiger partial charge in [0.1, 0.15) is 5.56 Å². The molecule has 2 heterocycles. The van der Waals surface area contributed by atoms with Crippen molar-refractivity contribution in [3.05, 3.63) is 57.7 Å². The highest BCUT2D eigenvalue weighted by Gasteiger charge is 2.15. The Balaban J connectivity index is 2.18. The molecule has 20 heavy (non-hydrogen) atoms. The number of H-pyrrole nitrogens is 1. The van der Waals surface area contributed by atoms with Crippen molar-refractivity contribution >= 4 is 11.3 Å². The molecule has 0 bridgehead atoms. The van der Waals surface area contributed by atoms with E-state index < -0.39 is 0 Å². The van der Waals surface area contributed by atoms with E-state index in [1.807, 2.05) is 36.6 Å². The van der Waals surface area contributed by atoms with E-state index in [4.69, 9.17) is 0 Å². The molecule has 3 aromatic rings. The Kier molecular flexibility index (Phi) is 3.12. The van der Waals surface area contributed by atoms with E-state index in [1.165, 1.54) is 11.3 Å². The predicted molar refractivity (Wildman–Crippen MR) is 80.0 cm³/mol. The minimum atomic E-state index is -0.341.